The first-order chi connectivity index (χ1) is 4.72. The first-order valence-corrected chi connectivity index (χ1v) is 4.12. The van der Waals surface area contributed by atoms with Crippen molar-refractivity contribution in [3.8, 4) is 0 Å². The summed E-state index contributed by atoms with van der Waals surface area (Å²) in [5.41, 5.74) is 5.36. The summed E-state index contributed by atoms with van der Waals surface area (Å²) in [6.07, 6.45) is 2.42. The van der Waals surface area contributed by atoms with Gasteiger partial charge in [0.1, 0.15) is 9.98 Å². The van der Waals surface area contributed by atoms with E-state index in [0.717, 1.165) is 13.1 Å². The molecule has 0 atom stereocenters. The second-order valence-electron chi connectivity index (χ2n) is 2.36. The molecule has 1 rings (SSSR count). The Morgan fingerprint density at radius 3 is 2.10 bits per heavy atom. The van der Waals surface area contributed by atoms with Crippen molar-refractivity contribution < 1.29 is 0 Å². The highest BCUT2D eigenvalue weighted by atomic mass is 32.1. The highest BCUT2D eigenvalue weighted by Gasteiger charge is 2.15. The summed E-state index contributed by atoms with van der Waals surface area (Å²) < 4.78 is 0. The van der Waals surface area contributed by atoms with Gasteiger partial charge in [-0.2, -0.15) is 0 Å². The minimum Gasteiger partial charge on any atom is -0.388 e. The molecule has 0 aliphatic carbocycles. The van der Waals surface area contributed by atoms with Crippen LogP contribution in [0.3, 0.4) is 0 Å². The summed E-state index contributed by atoms with van der Waals surface area (Å²) in [5.74, 6) is 0. The van der Waals surface area contributed by atoms with E-state index in [-0.39, 0.29) is 0 Å². The highest BCUT2D eigenvalue weighted by Crippen LogP contribution is 2.08. The van der Waals surface area contributed by atoms with Gasteiger partial charge in [-0.1, -0.05) is 24.4 Å². The van der Waals surface area contributed by atoms with Gasteiger partial charge < -0.3 is 10.6 Å². The number of rotatable bonds is 0. The van der Waals surface area contributed by atoms with Crippen LogP contribution in [0.25, 0.3) is 0 Å². The number of nitrogens with zero attached hydrogens (tertiary/aromatic N) is 1. The molecule has 10 heavy (non-hydrogen) atoms. The first-order valence-electron chi connectivity index (χ1n) is 3.30. The van der Waals surface area contributed by atoms with Gasteiger partial charge in [0.05, 0.1) is 0 Å². The van der Waals surface area contributed by atoms with Crippen LogP contribution >= 0.6 is 24.4 Å². The molecule has 0 aromatic heterocycles. The number of thiocarbonyl (C=S) groups is 2. The lowest BCUT2D eigenvalue weighted by atomic mass is 10.4. The lowest BCUT2D eigenvalue weighted by Crippen LogP contribution is -2.35. The molecule has 1 aliphatic rings. The number of nitrogens with two attached hydrogens (primary N) is 1. The standard InChI is InChI=1S/C6H10N2S2/c7-5(9)6(10)8-3-1-2-4-8/h1-4H2,(H2,7,9). The largest absolute Gasteiger partial charge is 0.388 e. The summed E-state index contributed by atoms with van der Waals surface area (Å²) in [5, 5.41) is 0. The van der Waals surface area contributed by atoms with Crippen molar-refractivity contribution in [2.24, 2.45) is 5.73 Å². The number of likely N-dealkylation sites (tertiary alicyclic amines) is 1. The van der Waals surface area contributed by atoms with Crippen LogP contribution in [0.5, 0.6) is 0 Å². The minimum atomic E-state index is 0.358. The molecule has 0 unspecified atom stereocenters. The molecule has 1 fully saturated rings. The quantitative estimate of drug-likeness (QED) is 0.547. The number of hydrogen-bond donors (Lipinski definition) is 1. The topological polar surface area (TPSA) is 29.3 Å². The average Bonchev–Trinajstić information content (AvgIpc) is 2.36. The van der Waals surface area contributed by atoms with E-state index < -0.39 is 0 Å². The zero-order valence-corrected chi connectivity index (χ0v) is 7.30. The molecular formula is C6H10N2S2. The molecule has 56 valence electrons. The van der Waals surface area contributed by atoms with E-state index in [4.69, 9.17) is 30.2 Å². The van der Waals surface area contributed by atoms with Gasteiger partial charge in [-0.15, -0.1) is 0 Å². The van der Waals surface area contributed by atoms with Crippen LogP contribution in [-0.4, -0.2) is 28.0 Å². The molecule has 2 N–H and O–H groups in total. The molecule has 0 aromatic carbocycles. The molecule has 4 heteroatoms. The molecule has 0 radical (unpaired) electrons. The van der Waals surface area contributed by atoms with Crippen molar-refractivity contribution in [2.45, 2.75) is 12.8 Å². The molecule has 1 aliphatic heterocycles. The maximum atomic E-state index is 5.36. The molecule has 0 amide bonds. The smallest absolute Gasteiger partial charge is 0.136 e. The zero-order valence-electron chi connectivity index (χ0n) is 5.67. The summed E-state index contributed by atoms with van der Waals surface area (Å²) in [6.45, 7) is 2.05. The molecule has 0 saturated carbocycles. The number of hydrogen-bond acceptors (Lipinski definition) is 2. The van der Waals surface area contributed by atoms with Gasteiger partial charge in [-0.25, -0.2) is 0 Å². The Balaban J connectivity index is 2.48. The Bertz CT molecular complexity index is 161. The Morgan fingerprint density at radius 1 is 1.20 bits per heavy atom. The van der Waals surface area contributed by atoms with Gasteiger partial charge in [0.25, 0.3) is 0 Å². The second kappa shape index (κ2) is 3.25. The average molecular weight is 174 g/mol. The molecule has 2 nitrogen and oxygen atoms in total. The first kappa shape index (κ1) is 7.88. The summed E-state index contributed by atoms with van der Waals surface area (Å²) in [4.78, 5) is 3.09. The van der Waals surface area contributed by atoms with E-state index in [2.05, 4.69) is 4.90 Å². The highest BCUT2D eigenvalue weighted by molar-refractivity contribution is 7.89. The van der Waals surface area contributed by atoms with Gasteiger partial charge in [-0.3, -0.25) is 0 Å². The van der Waals surface area contributed by atoms with Crippen molar-refractivity contribution in [2.75, 3.05) is 13.1 Å². The van der Waals surface area contributed by atoms with Crippen LogP contribution in [0.4, 0.5) is 0 Å². The Labute approximate surface area is 71.4 Å². The van der Waals surface area contributed by atoms with Crippen LogP contribution in [0.1, 0.15) is 12.8 Å². The van der Waals surface area contributed by atoms with Crippen LogP contribution in [0.2, 0.25) is 0 Å². The van der Waals surface area contributed by atoms with Gasteiger partial charge in [0.15, 0.2) is 0 Å². The predicted octanol–water partition coefficient (Wildman–Crippen LogP) is 0.696. The van der Waals surface area contributed by atoms with Crippen LogP contribution in [0.15, 0.2) is 0 Å². The SMILES string of the molecule is NC(=S)C(=S)N1CCCC1. The molecule has 0 bridgehead atoms. The third-order valence-electron chi connectivity index (χ3n) is 1.60. The lowest BCUT2D eigenvalue weighted by Gasteiger charge is -2.16. The molecular weight excluding hydrogens is 164 g/mol. The summed E-state index contributed by atoms with van der Waals surface area (Å²) in [6, 6.07) is 0. The van der Waals surface area contributed by atoms with Crippen molar-refractivity contribution in [3.63, 3.8) is 0 Å². The van der Waals surface area contributed by atoms with E-state index in [9.17, 15) is 0 Å². The summed E-state index contributed by atoms with van der Waals surface area (Å²) in [7, 11) is 0. The maximum absolute atomic E-state index is 5.36. The van der Waals surface area contributed by atoms with E-state index in [1.54, 1.807) is 0 Å². The van der Waals surface area contributed by atoms with Crippen molar-refractivity contribution in [1.29, 1.82) is 0 Å². The molecule has 1 heterocycles. The second-order valence-corrected chi connectivity index (χ2v) is 3.19. The van der Waals surface area contributed by atoms with Crippen molar-refractivity contribution >= 4 is 34.4 Å². The monoisotopic (exact) mass is 174 g/mol. The van der Waals surface area contributed by atoms with Crippen LogP contribution < -0.4 is 5.73 Å². The third kappa shape index (κ3) is 1.64. The van der Waals surface area contributed by atoms with E-state index in [1.165, 1.54) is 12.8 Å². The van der Waals surface area contributed by atoms with E-state index >= 15 is 0 Å². The molecule has 1 saturated heterocycles. The fourth-order valence-electron chi connectivity index (χ4n) is 1.08. The fraction of sp³-hybridized carbons (Fsp3) is 0.667. The zero-order chi connectivity index (χ0) is 7.56. The van der Waals surface area contributed by atoms with Crippen molar-refractivity contribution in [1.82, 2.24) is 4.90 Å². The fourth-order valence-corrected chi connectivity index (χ4v) is 1.39. The third-order valence-corrected chi connectivity index (χ3v) is 2.40. The van der Waals surface area contributed by atoms with Crippen LogP contribution in [0, 0.1) is 0 Å². The van der Waals surface area contributed by atoms with Gasteiger partial charge in [0.2, 0.25) is 0 Å². The Hall–Kier alpha value is -0.220. The minimum absolute atomic E-state index is 0.358. The van der Waals surface area contributed by atoms with Gasteiger partial charge in [-0.05, 0) is 12.8 Å². The maximum Gasteiger partial charge on any atom is 0.136 e. The Morgan fingerprint density at radius 2 is 1.70 bits per heavy atom. The van der Waals surface area contributed by atoms with Gasteiger partial charge >= 0.3 is 0 Å². The predicted molar refractivity (Wildman–Crippen MR) is 50.2 cm³/mol. The van der Waals surface area contributed by atoms with Crippen molar-refractivity contribution in [3.05, 3.63) is 0 Å². The Kier molecular flexibility index (Phi) is 2.56. The van der Waals surface area contributed by atoms with E-state index in [1.807, 2.05) is 0 Å². The lowest BCUT2D eigenvalue weighted by molar-refractivity contribution is 0.535. The van der Waals surface area contributed by atoms with Gasteiger partial charge in [0, 0.05) is 13.1 Å². The molecule has 0 aromatic rings. The van der Waals surface area contributed by atoms with Crippen LogP contribution in [-0.2, 0) is 0 Å². The van der Waals surface area contributed by atoms with E-state index in [0.29, 0.717) is 9.98 Å². The molecule has 0 spiro atoms. The normalized spacial score (nSPS) is 17.4. The summed E-state index contributed by atoms with van der Waals surface area (Å²) >= 11 is 9.75.